The summed E-state index contributed by atoms with van der Waals surface area (Å²) in [6.45, 7) is 5.72. The molecule has 176 valence electrons. The highest BCUT2D eigenvalue weighted by Gasteiger charge is 2.33. The van der Waals surface area contributed by atoms with Crippen molar-refractivity contribution in [2.45, 2.75) is 19.8 Å². The van der Waals surface area contributed by atoms with Gasteiger partial charge in [0.25, 0.3) is 5.91 Å². The molecule has 5 rings (SSSR count). The SMILES string of the molecule is Cc1ccccc1-c1ccc(N2CCCC(C(=O)N3CCN(C(=O)c4ccco4)CC3)C2)nn1. The van der Waals surface area contributed by atoms with Crippen LogP contribution in [0.4, 0.5) is 5.82 Å². The van der Waals surface area contributed by atoms with Crippen LogP contribution in [0.2, 0.25) is 0 Å². The fourth-order valence-corrected chi connectivity index (χ4v) is 4.83. The number of carbonyl (C=O) groups is 2. The highest BCUT2D eigenvalue weighted by atomic mass is 16.3. The summed E-state index contributed by atoms with van der Waals surface area (Å²) in [5.74, 6) is 1.13. The lowest BCUT2D eigenvalue weighted by Gasteiger charge is -2.39. The normalized spacial score (nSPS) is 18.7. The highest BCUT2D eigenvalue weighted by Crippen LogP contribution is 2.26. The summed E-state index contributed by atoms with van der Waals surface area (Å²) in [7, 11) is 0. The van der Waals surface area contributed by atoms with Crippen LogP contribution in [0, 0.1) is 12.8 Å². The number of aryl methyl sites for hydroxylation is 1. The summed E-state index contributed by atoms with van der Waals surface area (Å²) in [6.07, 6.45) is 3.31. The second-order valence-electron chi connectivity index (χ2n) is 8.97. The number of benzene rings is 1. The maximum absolute atomic E-state index is 13.3. The third-order valence-electron chi connectivity index (χ3n) is 6.78. The summed E-state index contributed by atoms with van der Waals surface area (Å²) < 4.78 is 5.22. The Bertz CT molecular complexity index is 1140. The number of furan rings is 1. The van der Waals surface area contributed by atoms with Gasteiger partial charge in [0.1, 0.15) is 0 Å². The lowest BCUT2D eigenvalue weighted by molar-refractivity contribution is -0.137. The van der Waals surface area contributed by atoms with E-state index in [1.54, 1.807) is 17.0 Å². The van der Waals surface area contributed by atoms with Crippen molar-refractivity contribution in [1.29, 1.82) is 0 Å². The minimum atomic E-state index is -0.117. The van der Waals surface area contributed by atoms with E-state index < -0.39 is 0 Å². The van der Waals surface area contributed by atoms with Gasteiger partial charge in [0.15, 0.2) is 11.6 Å². The monoisotopic (exact) mass is 459 g/mol. The first-order valence-electron chi connectivity index (χ1n) is 11.9. The average molecular weight is 460 g/mol. The Morgan fingerprint density at radius 2 is 1.71 bits per heavy atom. The van der Waals surface area contributed by atoms with E-state index in [1.165, 1.54) is 11.8 Å². The number of hydrogen-bond donors (Lipinski definition) is 0. The fraction of sp³-hybridized carbons (Fsp3) is 0.385. The quantitative estimate of drug-likeness (QED) is 0.596. The Hall–Kier alpha value is -3.68. The highest BCUT2D eigenvalue weighted by molar-refractivity contribution is 5.91. The van der Waals surface area contributed by atoms with Crippen LogP contribution in [0.25, 0.3) is 11.3 Å². The van der Waals surface area contributed by atoms with Crippen molar-refractivity contribution >= 4 is 17.6 Å². The van der Waals surface area contributed by atoms with Crippen molar-refractivity contribution < 1.29 is 14.0 Å². The van der Waals surface area contributed by atoms with Crippen LogP contribution < -0.4 is 4.90 Å². The lowest BCUT2D eigenvalue weighted by atomic mass is 9.96. The summed E-state index contributed by atoms with van der Waals surface area (Å²) in [5.41, 5.74) is 3.10. The van der Waals surface area contributed by atoms with Gasteiger partial charge in [-0.1, -0.05) is 24.3 Å². The molecule has 1 unspecified atom stereocenters. The molecule has 2 aliphatic heterocycles. The molecule has 0 saturated carbocycles. The molecular weight excluding hydrogens is 430 g/mol. The topological polar surface area (TPSA) is 82.8 Å². The number of nitrogens with zero attached hydrogens (tertiary/aromatic N) is 5. The Balaban J connectivity index is 1.19. The molecular formula is C26H29N5O3. The van der Waals surface area contributed by atoms with Crippen molar-refractivity contribution in [3.05, 3.63) is 66.1 Å². The van der Waals surface area contributed by atoms with Gasteiger partial charge in [-0.3, -0.25) is 9.59 Å². The number of rotatable bonds is 4. The fourth-order valence-electron chi connectivity index (χ4n) is 4.83. The zero-order valence-electron chi connectivity index (χ0n) is 19.4. The molecule has 0 bridgehead atoms. The minimum Gasteiger partial charge on any atom is -0.459 e. The van der Waals surface area contributed by atoms with E-state index >= 15 is 0 Å². The molecule has 0 spiro atoms. The van der Waals surface area contributed by atoms with Gasteiger partial charge in [-0.05, 0) is 49.6 Å². The average Bonchev–Trinajstić information content (AvgIpc) is 3.44. The molecule has 2 aromatic heterocycles. The molecule has 4 heterocycles. The second kappa shape index (κ2) is 9.67. The van der Waals surface area contributed by atoms with Gasteiger partial charge in [0.2, 0.25) is 5.91 Å². The molecule has 2 aliphatic rings. The lowest BCUT2D eigenvalue weighted by Crippen LogP contribution is -2.53. The van der Waals surface area contributed by atoms with Gasteiger partial charge < -0.3 is 19.1 Å². The van der Waals surface area contributed by atoms with Crippen molar-refractivity contribution in [1.82, 2.24) is 20.0 Å². The summed E-state index contributed by atoms with van der Waals surface area (Å²) in [4.78, 5) is 31.5. The smallest absolute Gasteiger partial charge is 0.289 e. The molecule has 0 N–H and O–H groups in total. The molecule has 2 amide bonds. The van der Waals surface area contributed by atoms with Crippen molar-refractivity contribution in [2.24, 2.45) is 5.92 Å². The zero-order valence-corrected chi connectivity index (χ0v) is 19.4. The van der Waals surface area contributed by atoms with E-state index in [-0.39, 0.29) is 17.7 Å². The second-order valence-corrected chi connectivity index (χ2v) is 8.97. The molecule has 2 fully saturated rings. The van der Waals surface area contributed by atoms with Crippen LogP contribution >= 0.6 is 0 Å². The first-order valence-corrected chi connectivity index (χ1v) is 11.9. The predicted molar refractivity (Wildman–Crippen MR) is 128 cm³/mol. The van der Waals surface area contributed by atoms with Gasteiger partial charge in [-0.25, -0.2) is 0 Å². The summed E-state index contributed by atoms with van der Waals surface area (Å²) >= 11 is 0. The van der Waals surface area contributed by atoms with Crippen LogP contribution in [0.15, 0.2) is 59.2 Å². The number of carbonyl (C=O) groups excluding carboxylic acids is 2. The zero-order chi connectivity index (χ0) is 23.5. The maximum atomic E-state index is 13.3. The third kappa shape index (κ3) is 4.53. The molecule has 2 saturated heterocycles. The van der Waals surface area contributed by atoms with E-state index in [1.807, 2.05) is 29.2 Å². The van der Waals surface area contributed by atoms with Crippen LogP contribution in [-0.2, 0) is 4.79 Å². The van der Waals surface area contributed by atoms with Crippen LogP contribution in [0.1, 0.15) is 29.0 Å². The number of aromatic nitrogens is 2. The summed E-state index contributed by atoms with van der Waals surface area (Å²) in [5, 5.41) is 8.94. The van der Waals surface area contributed by atoms with Crippen molar-refractivity contribution in [3.8, 4) is 11.3 Å². The molecule has 8 heteroatoms. The Labute approximate surface area is 199 Å². The molecule has 8 nitrogen and oxygen atoms in total. The minimum absolute atomic E-state index is 0.0704. The van der Waals surface area contributed by atoms with Gasteiger partial charge in [0.05, 0.1) is 17.9 Å². The largest absolute Gasteiger partial charge is 0.459 e. The van der Waals surface area contributed by atoms with Gasteiger partial charge in [0, 0.05) is 44.8 Å². The van der Waals surface area contributed by atoms with E-state index in [4.69, 9.17) is 4.42 Å². The first-order chi connectivity index (χ1) is 16.6. The van der Waals surface area contributed by atoms with Gasteiger partial charge in [-0.15, -0.1) is 10.2 Å². The molecule has 3 aromatic rings. The van der Waals surface area contributed by atoms with Crippen LogP contribution in [-0.4, -0.2) is 71.1 Å². The number of amides is 2. The molecule has 1 aromatic carbocycles. The summed E-state index contributed by atoms with van der Waals surface area (Å²) in [6, 6.07) is 15.5. The van der Waals surface area contributed by atoms with Crippen molar-refractivity contribution in [3.63, 3.8) is 0 Å². The van der Waals surface area contributed by atoms with E-state index in [0.29, 0.717) is 38.5 Å². The third-order valence-corrected chi connectivity index (χ3v) is 6.78. The number of piperazine rings is 1. The molecule has 1 atom stereocenters. The predicted octanol–water partition coefficient (Wildman–Crippen LogP) is 3.25. The Morgan fingerprint density at radius 3 is 2.41 bits per heavy atom. The molecule has 0 radical (unpaired) electrons. The maximum Gasteiger partial charge on any atom is 0.289 e. The van der Waals surface area contributed by atoms with Gasteiger partial charge >= 0.3 is 0 Å². The number of piperidine rings is 1. The Kier molecular flexibility index (Phi) is 6.29. The number of hydrogen-bond acceptors (Lipinski definition) is 6. The van der Waals surface area contributed by atoms with Crippen LogP contribution in [0.5, 0.6) is 0 Å². The number of anilines is 1. The van der Waals surface area contributed by atoms with E-state index in [9.17, 15) is 9.59 Å². The first kappa shape index (κ1) is 22.1. The van der Waals surface area contributed by atoms with E-state index in [2.05, 4.69) is 34.2 Å². The van der Waals surface area contributed by atoms with Crippen molar-refractivity contribution in [2.75, 3.05) is 44.2 Å². The van der Waals surface area contributed by atoms with E-state index in [0.717, 1.165) is 36.5 Å². The molecule has 0 aliphatic carbocycles. The van der Waals surface area contributed by atoms with Gasteiger partial charge in [-0.2, -0.15) is 0 Å². The standard InChI is InChI=1S/C26H29N5O3/c1-19-6-2-3-8-21(19)22-10-11-24(28-27-22)31-12-4-7-20(18-31)25(32)29-13-15-30(16-14-29)26(33)23-9-5-17-34-23/h2-3,5-6,8-11,17,20H,4,7,12-16,18H2,1H3. The Morgan fingerprint density at radius 1 is 0.912 bits per heavy atom. The molecule has 34 heavy (non-hydrogen) atoms. The van der Waals surface area contributed by atoms with Crippen LogP contribution in [0.3, 0.4) is 0 Å².